The summed E-state index contributed by atoms with van der Waals surface area (Å²) in [5.74, 6) is -0.0529. The maximum absolute atomic E-state index is 12.1. The van der Waals surface area contributed by atoms with Crippen LogP contribution in [0.2, 0.25) is 0 Å². The van der Waals surface area contributed by atoms with Crippen LogP contribution in [0.3, 0.4) is 0 Å². The number of benzene rings is 2. The Bertz CT molecular complexity index is 870. The van der Waals surface area contributed by atoms with Gasteiger partial charge in [-0.1, -0.05) is 30.3 Å². The van der Waals surface area contributed by atoms with Gasteiger partial charge >= 0.3 is 0 Å². The van der Waals surface area contributed by atoms with Crippen molar-refractivity contribution >= 4 is 28.7 Å². The van der Waals surface area contributed by atoms with E-state index in [1.54, 1.807) is 35.6 Å². The summed E-state index contributed by atoms with van der Waals surface area (Å²) < 4.78 is 0. The number of carbonyl (C=O) groups excluding carboxylic acids is 2. The second kappa shape index (κ2) is 7.85. The number of nitrogens with one attached hydrogen (secondary N) is 1. The fraction of sp³-hybridized carbons (Fsp3) is 0.150. The number of rotatable bonds is 6. The van der Waals surface area contributed by atoms with E-state index in [2.05, 4.69) is 10.3 Å². The van der Waals surface area contributed by atoms with Gasteiger partial charge in [-0.2, -0.15) is 0 Å². The van der Waals surface area contributed by atoms with Crippen molar-refractivity contribution < 1.29 is 9.59 Å². The molecule has 1 amide bonds. The molecule has 0 fully saturated rings. The summed E-state index contributed by atoms with van der Waals surface area (Å²) in [5, 5.41) is 5.81. The number of amides is 1. The van der Waals surface area contributed by atoms with E-state index in [4.69, 9.17) is 0 Å². The third-order valence-electron chi connectivity index (χ3n) is 3.76. The van der Waals surface area contributed by atoms with Crippen LogP contribution in [0.5, 0.6) is 0 Å². The highest BCUT2D eigenvalue weighted by Gasteiger charge is 2.08. The third-order valence-corrected chi connectivity index (χ3v) is 4.67. The van der Waals surface area contributed by atoms with Crippen molar-refractivity contribution in [2.24, 2.45) is 0 Å². The first-order chi connectivity index (χ1) is 12.1. The molecule has 1 heterocycles. The van der Waals surface area contributed by atoms with Gasteiger partial charge in [-0.05, 0) is 31.2 Å². The van der Waals surface area contributed by atoms with E-state index in [0.29, 0.717) is 24.1 Å². The van der Waals surface area contributed by atoms with E-state index in [1.807, 2.05) is 35.7 Å². The maximum Gasteiger partial charge on any atom is 0.224 e. The Morgan fingerprint density at radius 1 is 1.04 bits per heavy atom. The molecule has 0 unspecified atom stereocenters. The Hall–Kier alpha value is -2.79. The summed E-state index contributed by atoms with van der Waals surface area (Å²) in [6.07, 6.45) is 0.977. The summed E-state index contributed by atoms with van der Waals surface area (Å²) in [5.41, 5.74) is 3.36. The van der Waals surface area contributed by atoms with Crippen molar-refractivity contribution in [2.45, 2.75) is 19.8 Å². The molecule has 0 saturated heterocycles. The number of hydrogen-bond donors (Lipinski definition) is 1. The number of ketones is 1. The van der Waals surface area contributed by atoms with Crippen LogP contribution in [0.25, 0.3) is 11.3 Å². The van der Waals surface area contributed by atoms with Crippen molar-refractivity contribution in [3.05, 3.63) is 70.5 Å². The normalized spacial score (nSPS) is 10.4. The molecule has 5 heteroatoms. The van der Waals surface area contributed by atoms with Crippen molar-refractivity contribution in [3.8, 4) is 11.3 Å². The molecular weight excluding hydrogens is 332 g/mol. The highest BCUT2D eigenvalue weighted by atomic mass is 32.1. The average molecular weight is 350 g/mol. The van der Waals surface area contributed by atoms with E-state index in [-0.39, 0.29) is 11.7 Å². The zero-order valence-electron chi connectivity index (χ0n) is 13.9. The first kappa shape index (κ1) is 17.0. The van der Waals surface area contributed by atoms with Crippen LogP contribution in [-0.4, -0.2) is 16.7 Å². The predicted molar refractivity (Wildman–Crippen MR) is 101 cm³/mol. The minimum absolute atomic E-state index is 0.0101. The van der Waals surface area contributed by atoms with Gasteiger partial charge in [0.2, 0.25) is 5.91 Å². The Labute approximate surface area is 150 Å². The number of Topliss-reactive ketones (excluding diaryl/α,β-unsaturated/α-hetero) is 1. The van der Waals surface area contributed by atoms with Crippen LogP contribution in [-0.2, 0) is 11.2 Å². The van der Waals surface area contributed by atoms with Crippen LogP contribution in [0, 0.1) is 0 Å². The van der Waals surface area contributed by atoms with E-state index in [0.717, 1.165) is 16.3 Å². The van der Waals surface area contributed by atoms with E-state index in [9.17, 15) is 9.59 Å². The molecule has 3 aromatic rings. The molecule has 0 radical (unpaired) electrons. The Balaban J connectivity index is 1.54. The SMILES string of the molecule is CC(=O)c1ccc(NC(=O)CCc2nc(-c3ccccc3)cs2)cc1. The van der Waals surface area contributed by atoms with E-state index < -0.39 is 0 Å². The zero-order valence-corrected chi connectivity index (χ0v) is 14.7. The lowest BCUT2D eigenvalue weighted by Crippen LogP contribution is -2.12. The van der Waals surface area contributed by atoms with Gasteiger partial charge in [0.25, 0.3) is 0 Å². The summed E-state index contributed by atoms with van der Waals surface area (Å²) in [4.78, 5) is 27.9. The number of nitrogens with zero attached hydrogens (tertiary/aromatic N) is 1. The topological polar surface area (TPSA) is 59.1 Å². The van der Waals surface area contributed by atoms with E-state index in [1.165, 1.54) is 6.92 Å². The van der Waals surface area contributed by atoms with Gasteiger partial charge in [0.05, 0.1) is 10.7 Å². The Morgan fingerprint density at radius 3 is 2.44 bits per heavy atom. The second-order valence-corrected chi connectivity index (χ2v) is 6.62. The number of carbonyl (C=O) groups is 2. The summed E-state index contributed by atoms with van der Waals surface area (Å²) in [6.45, 7) is 1.52. The molecule has 0 spiro atoms. The largest absolute Gasteiger partial charge is 0.326 e. The maximum atomic E-state index is 12.1. The lowest BCUT2D eigenvalue weighted by molar-refractivity contribution is -0.116. The minimum Gasteiger partial charge on any atom is -0.326 e. The number of aromatic nitrogens is 1. The molecule has 25 heavy (non-hydrogen) atoms. The number of anilines is 1. The van der Waals surface area contributed by atoms with Gasteiger partial charge in [-0.25, -0.2) is 4.98 Å². The monoisotopic (exact) mass is 350 g/mol. The third kappa shape index (κ3) is 4.61. The minimum atomic E-state index is -0.0629. The molecule has 0 saturated carbocycles. The predicted octanol–water partition coefficient (Wildman–Crippen LogP) is 4.58. The van der Waals surface area contributed by atoms with Gasteiger partial charge in [-0.3, -0.25) is 9.59 Å². The smallest absolute Gasteiger partial charge is 0.224 e. The standard InChI is InChI=1S/C20H18N2O2S/c1-14(23)15-7-9-17(10-8-15)21-19(24)11-12-20-22-18(13-25-20)16-5-3-2-4-6-16/h2-10,13H,11-12H2,1H3,(H,21,24). The highest BCUT2D eigenvalue weighted by molar-refractivity contribution is 7.09. The van der Waals surface area contributed by atoms with Crippen LogP contribution in [0.1, 0.15) is 28.7 Å². The molecular formula is C20H18N2O2S. The number of thiazole rings is 1. The molecule has 1 N–H and O–H groups in total. The molecule has 0 aliphatic heterocycles. The Kier molecular flexibility index (Phi) is 5.36. The molecule has 0 aliphatic rings. The fourth-order valence-corrected chi connectivity index (χ4v) is 3.21. The Morgan fingerprint density at radius 2 is 1.76 bits per heavy atom. The van der Waals surface area contributed by atoms with Gasteiger partial charge < -0.3 is 5.32 Å². The lowest BCUT2D eigenvalue weighted by Gasteiger charge is -2.05. The van der Waals surface area contributed by atoms with Crippen molar-refractivity contribution in [3.63, 3.8) is 0 Å². The van der Waals surface area contributed by atoms with Gasteiger partial charge in [0.15, 0.2) is 5.78 Å². The van der Waals surface area contributed by atoms with Crippen LogP contribution in [0.4, 0.5) is 5.69 Å². The highest BCUT2D eigenvalue weighted by Crippen LogP contribution is 2.22. The lowest BCUT2D eigenvalue weighted by atomic mass is 10.1. The summed E-state index contributed by atoms with van der Waals surface area (Å²) >= 11 is 1.57. The van der Waals surface area contributed by atoms with Gasteiger partial charge in [0.1, 0.15) is 0 Å². The molecule has 3 rings (SSSR count). The summed E-state index contributed by atoms with van der Waals surface area (Å²) in [6, 6.07) is 16.9. The first-order valence-electron chi connectivity index (χ1n) is 8.02. The first-order valence-corrected chi connectivity index (χ1v) is 8.90. The number of hydrogen-bond acceptors (Lipinski definition) is 4. The molecule has 126 valence electrons. The van der Waals surface area contributed by atoms with Crippen LogP contribution >= 0.6 is 11.3 Å². The van der Waals surface area contributed by atoms with Crippen molar-refractivity contribution in [1.29, 1.82) is 0 Å². The van der Waals surface area contributed by atoms with Crippen molar-refractivity contribution in [1.82, 2.24) is 4.98 Å². The zero-order chi connectivity index (χ0) is 17.6. The van der Waals surface area contributed by atoms with Gasteiger partial charge in [0, 0.05) is 35.0 Å². The van der Waals surface area contributed by atoms with Crippen LogP contribution in [0.15, 0.2) is 60.0 Å². The van der Waals surface area contributed by atoms with E-state index >= 15 is 0 Å². The molecule has 2 aromatic carbocycles. The molecule has 0 bridgehead atoms. The molecule has 4 nitrogen and oxygen atoms in total. The van der Waals surface area contributed by atoms with Gasteiger partial charge in [-0.15, -0.1) is 11.3 Å². The molecule has 1 aromatic heterocycles. The molecule has 0 aliphatic carbocycles. The number of aryl methyl sites for hydroxylation is 1. The fourth-order valence-electron chi connectivity index (χ4n) is 2.40. The quantitative estimate of drug-likeness (QED) is 0.662. The molecule has 0 atom stereocenters. The van der Waals surface area contributed by atoms with Crippen LogP contribution < -0.4 is 5.32 Å². The van der Waals surface area contributed by atoms with Crippen molar-refractivity contribution in [2.75, 3.05) is 5.32 Å². The second-order valence-electron chi connectivity index (χ2n) is 5.67. The average Bonchev–Trinajstić information content (AvgIpc) is 3.10. The summed E-state index contributed by atoms with van der Waals surface area (Å²) in [7, 11) is 0.